The Labute approximate surface area is 111 Å². The smallest absolute Gasteiger partial charge is 0.280 e. The molecule has 2 aromatic heterocycles. The first-order valence-corrected chi connectivity index (χ1v) is 5.93. The normalized spacial score (nSPS) is 30.1. The molecule has 0 aliphatic carbocycles. The third-order valence-corrected chi connectivity index (χ3v) is 3.25. The Morgan fingerprint density at radius 1 is 1.60 bits per heavy atom. The summed E-state index contributed by atoms with van der Waals surface area (Å²) in [4.78, 5) is 21.7. The molecule has 108 valence electrons. The van der Waals surface area contributed by atoms with Gasteiger partial charge in [0, 0.05) is 6.54 Å². The number of aromatic amines is 1. The zero-order chi connectivity index (χ0) is 14.4. The second kappa shape index (κ2) is 4.51. The number of nitrogens with zero attached hydrogens (tertiary/aromatic N) is 3. The van der Waals surface area contributed by atoms with Gasteiger partial charge in [0.2, 0.25) is 5.95 Å². The number of aromatic nitrogens is 4. The second-order valence-electron chi connectivity index (χ2n) is 4.51. The highest BCUT2D eigenvalue weighted by Crippen LogP contribution is 2.32. The fourth-order valence-electron chi connectivity index (χ4n) is 2.25. The number of ether oxygens (including phenoxy) is 1. The van der Waals surface area contributed by atoms with Crippen molar-refractivity contribution in [2.24, 2.45) is 5.73 Å². The maximum absolute atomic E-state index is 14.1. The number of hydrogen-bond donors (Lipinski definition) is 4. The van der Waals surface area contributed by atoms with E-state index < -0.39 is 30.2 Å². The van der Waals surface area contributed by atoms with Gasteiger partial charge in [-0.3, -0.25) is 14.3 Å². The summed E-state index contributed by atoms with van der Waals surface area (Å²) in [5.74, 6) is -0.117. The van der Waals surface area contributed by atoms with E-state index in [4.69, 9.17) is 16.2 Å². The van der Waals surface area contributed by atoms with E-state index in [-0.39, 0.29) is 23.7 Å². The lowest BCUT2D eigenvalue weighted by molar-refractivity contribution is -0.0180. The first-order chi connectivity index (χ1) is 9.52. The van der Waals surface area contributed by atoms with Crippen molar-refractivity contribution in [3.05, 3.63) is 16.7 Å². The number of aliphatic hydroxyl groups excluding tert-OH is 1. The molecule has 1 aliphatic rings. The summed E-state index contributed by atoms with van der Waals surface area (Å²) in [6.07, 6.45) is -3.82. The molecule has 0 bridgehead atoms. The topological polar surface area (TPSA) is 145 Å². The summed E-state index contributed by atoms with van der Waals surface area (Å²) in [5, 5.41) is 9.68. The molecule has 0 saturated carbocycles. The van der Waals surface area contributed by atoms with Crippen molar-refractivity contribution in [1.29, 1.82) is 0 Å². The highest BCUT2D eigenvalue weighted by atomic mass is 19.1. The van der Waals surface area contributed by atoms with Crippen LogP contribution in [-0.4, -0.2) is 49.5 Å². The lowest BCUT2D eigenvalue weighted by atomic mass is 10.1. The first-order valence-electron chi connectivity index (χ1n) is 5.93. The van der Waals surface area contributed by atoms with Gasteiger partial charge in [-0.2, -0.15) is 4.98 Å². The number of alkyl halides is 1. The van der Waals surface area contributed by atoms with Gasteiger partial charge in [-0.1, -0.05) is 0 Å². The summed E-state index contributed by atoms with van der Waals surface area (Å²) in [7, 11) is 0. The molecule has 6 N–H and O–H groups in total. The van der Waals surface area contributed by atoms with E-state index in [2.05, 4.69) is 15.0 Å². The Kier molecular flexibility index (Phi) is 2.92. The molecule has 1 aliphatic heterocycles. The molecule has 0 amide bonds. The average Bonchev–Trinajstić information content (AvgIpc) is 2.93. The number of nitrogen functional groups attached to an aromatic ring is 1. The molecule has 9 nitrogen and oxygen atoms in total. The summed E-state index contributed by atoms with van der Waals surface area (Å²) < 4.78 is 20.7. The van der Waals surface area contributed by atoms with Gasteiger partial charge in [-0.25, -0.2) is 9.37 Å². The standard InChI is InChI=1S/C10H13FN6O3/c11-4-6(18)3(1-12)20-9(4)17-2-14-5-7(17)15-10(13)16-8(5)19/h2-4,6,9,18H,1,12H2,(H3,13,15,16,19)/t3-,4-,6-,9-/m1/s1. The highest BCUT2D eigenvalue weighted by Gasteiger charge is 2.45. The zero-order valence-corrected chi connectivity index (χ0v) is 10.2. The van der Waals surface area contributed by atoms with Crippen LogP contribution in [0.15, 0.2) is 11.1 Å². The summed E-state index contributed by atoms with van der Waals surface area (Å²) in [5.41, 5.74) is 10.4. The Hall–Kier alpha value is -2.04. The number of fused-ring (bicyclic) bond motifs is 1. The Morgan fingerprint density at radius 3 is 3.00 bits per heavy atom. The van der Waals surface area contributed by atoms with Crippen molar-refractivity contribution < 1.29 is 14.2 Å². The molecule has 0 aromatic carbocycles. The van der Waals surface area contributed by atoms with Gasteiger partial charge < -0.3 is 21.3 Å². The minimum Gasteiger partial charge on any atom is -0.387 e. The number of nitrogens with one attached hydrogen (secondary N) is 1. The van der Waals surface area contributed by atoms with Gasteiger partial charge in [-0.15, -0.1) is 0 Å². The molecule has 3 heterocycles. The van der Waals surface area contributed by atoms with E-state index in [1.54, 1.807) is 0 Å². The molecule has 4 atom stereocenters. The van der Waals surface area contributed by atoms with Crippen LogP contribution in [0.2, 0.25) is 0 Å². The zero-order valence-electron chi connectivity index (χ0n) is 10.2. The lowest BCUT2D eigenvalue weighted by Gasteiger charge is -2.14. The molecule has 20 heavy (non-hydrogen) atoms. The number of hydrogen-bond acceptors (Lipinski definition) is 7. The number of H-pyrrole nitrogens is 1. The molecule has 0 spiro atoms. The fourth-order valence-corrected chi connectivity index (χ4v) is 2.25. The van der Waals surface area contributed by atoms with Crippen molar-refractivity contribution in [3.8, 4) is 0 Å². The maximum atomic E-state index is 14.1. The number of aliphatic hydroxyl groups is 1. The van der Waals surface area contributed by atoms with Crippen molar-refractivity contribution in [1.82, 2.24) is 19.5 Å². The third-order valence-electron chi connectivity index (χ3n) is 3.25. The van der Waals surface area contributed by atoms with Crippen molar-refractivity contribution >= 4 is 17.1 Å². The van der Waals surface area contributed by atoms with Crippen LogP contribution in [-0.2, 0) is 4.74 Å². The van der Waals surface area contributed by atoms with Crippen LogP contribution in [0.25, 0.3) is 11.2 Å². The number of rotatable bonds is 2. The molecular formula is C10H13FN6O3. The van der Waals surface area contributed by atoms with E-state index >= 15 is 0 Å². The van der Waals surface area contributed by atoms with Crippen LogP contribution in [0.1, 0.15) is 6.23 Å². The average molecular weight is 284 g/mol. The molecular weight excluding hydrogens is 271 g/mol. The van der Waals surface area contributed by atoms with E-state index in [1.165, 1.54) is 10.9 Å². The maximum Gasteiger partial charge on any atom is 0.280 e. The van der Waals surface area contributed by atoms with E-state index in [0.29, 0.717) is 0 Å². The number of nitrogens with two attached hydrogens (primary N) is 2. The molecule has 1 saturated heterocycles. The molecule has 3 rings (SSSR count). The summed E-state index contributed by atoms with van der Waals surface area (Å²) in [6, 6.07) is 0. The molecule has 1 fully saturated rings. The third kappa shape index (κ3) is 1.77. The minimum atomic E-state index is -1.71. The molecule has 0 unspecified atom stereocenters. The van der Waals surface area contributed by atoms with Crippen LogP contribution in [0, 0.1) is 0 Å². The molecule has 0 radical (unpaired) electrons. The van der Waals surface area contributed by atoms with Crippen LogP contribution in [0.4, 0.5) is 10.3 Å². The highest BCUT2D eigenvalue weighted by molar-refractivity contribution is 5.70. The van der Waals surface area contributed by atoms with Crippen LogP contribution in [0.3, 0.4) is 0 Å². The van der Waals surface area contributed by atoms with E-state index in [0.717, 1.165) is 0 Å². The molecule has 2 aromatic rings. The van der Waals surface area contributed by atoms with Gasteiger partial charge in [0.05, 0.1) is 6.33 Å². The summed E-state index contributed by atoms with van der Waals surface area (Å²) >= 11 is 0. The predicted octanol–water partition coefficient (Wildman–Crippen LogP) is -1.74. The monoisotopic (exact) mass is 284 g/mol. The second-order valence-corrected chi connectivity index (χ2v) is 4.51. The Balaban J connectivity index is 2.09. The van der Waals surface area contributed by atoms with Crippen molar-refractivity contribution in [2.45, 2.75) is 24.6 Å². The number of halogens is 1. The van der Waals surface area contributed by atoms with Crippen molar-refractivity contribution in [2.75, 3.05) is 12.3 Å². The SMILES string of the molecule is NC[C@H]1O[C@@H](n2cnc3c(=O)[nH]c(N)nc32)[C@H](F)[C@@H]1O. The Bertz CT molecular complexity index is 700. The van der Waals surface area contributed by atoms with Gasteiger partial charge in [0.1, 0.15) is 12.2 Å². The van der Waals surface area contributed by atoms with E-state index in [9.17, 15) is 14.3 Å². The fraction of sp³-hybridized carbons (Fsp3) is 0.500. The van der Waals surface area contributed by atoms with Gasteiger partial charge in [0.15, 0.2) is 23.6 Å². The number of imidazole rings is 1. The Morgan fingerprint density at radius 2 is 2.35 bits per heavy atom. The predicted molar refractivity (Wildman–Crippen MR) is 66.4 cm³/mol. The van der Waals surface area contributed by atoms with Crippen LogP contribution < -0.4 is 17.0 Å². The summed E-state index contributed by atoms with van der Waals surface area (Å²) in [6.45, 7) is -0.0269. The number of anilines is 1. The van der Waals surface area contributed by atoms with Gasteiger partial charge in [-0.05, 0) is 0 Å². The van der Waals surface area contributed by atoms with Gasteiger partial charge in [0.25, 0.3) is 5.56 Å². The van der Waals surface area contributed by atoms with E-state index in [1.807, 2.05) is 0 Å². The van der Waals surface area contributed by atoms with Crippen molar-refractivity contribution in [3.63, 3.8) is 0 Å². The van der Waals surface area contributed by atoms with Crippen LogP contribution in [0.5, 0.6) is 0 Å². The quantitative estimate of drug-likeness (QED) is 0.512. The first kappa shape index (κ1) is 13.0. The minimum absolute atomic E-state index is 0.0145. The largest absolute Gasteiger partial charge is 0.387 e. The van der Waals surface area contributed by atoms with Crippen LogP contribution >= 0.6 is 0 Å². The van der Waals surface area contributed by atoms with Gasteiger partial charge >= 0.3 is 0 Å². The molecule has 10 heteroatoms. The lowest BCUT2D eigenvalue weighted by Crippen LogP contribution is -2.33.